The third kappa shape index (κ3) is 0.235. The zero-order valence-electron chi connectivity index (χ0n) is 4.93. The van der Waals surface area contributed by atoms with Crippen molar-refractivity contribution in [3.8, 4) is 0 Å². The summed E-state index contributed by atoms with van der Waals surface area (Å²) in [4.78, 5) is 0. The number of rotatable bonds is 0. The Morgan fingerprint density at radius 3 is 2.75 bits per heavy atom. The van der Waals surface area contributed by atoms with Crippen LogP contribution in [0.5, 0.6) is 0 Å². The summed E-state index contributed by atoms with van der Waals surface area (Å²) in [5.41, 5.74) is 0. The highest BCUT2D eigenvalue weighted by Gasteiger charge is 2.57. The van der Waals surface area contributed by atoms with E-state index >= 15 is 0 Å². The predicted molar refractivity (Wildman–Crippen MR) is 31.5 cm³/mol. The Hall–Kier alpha value is -0.0400. The molecule has 0 aromatic heterocycles. The summed E-state index contributed by atoms with van der Waals surface area (Å²) < 4.78 is 0. The molecular weight excluding hydrogens is 98.1 g/mol. The van der Waals surface area contributed by atoms with Gasteiger partial charge in [0, 0.05) is 6.04 Å². The van der Waals surface area contributed by atoms with E-state index < -0.39 is 0 Å². The standard InChI is InChI=1S/C7H11N/c1-4-2-6-7(4)5(1)3-8-6/h4-8H,1-3H2. The SMILES string of the molecule is C1NC2CC3CC1C32. The molecule has 1 N–H and O–H groups in total. The van der Waals surface area contributed by atoms with Gasteiger partial charge < -0.3 is 5.32 Å². The van der Waals surface area contributed by atoms with Crippen molar-refractivity contribution in [3.05, 3.63) is 0 Å². The van der Waals surface area contributed by atoms with E-state index in [0.717, 1.165) is 17.9 Å². The smallest absolute Gasteiger partial charge is 0.0104 e. The van der Waals surface area contributed by atoms with Crippen molar-refractivity contribution < 1.29 is 0 Å². The first-order chi connectivity index (χ1) is 3.95. The zero-order valence-corrected chi connectivity index (χ0v) is 4.93. The summed E-state index contributed by atoms with van der Waals surface area (Å²) in [6.45, 7) is 1.34. The Kier molecular flexibility index (Phi) is 0.472. The second-order valence-corrected chi connectivity index (χ2v) is 3.58. The Balaban J connectivity index is 1.96. The molecule has 44 valence electrons. The van der Waals surface area contributed by atoms with Crippen LogP contribution in [0.3, 0.4) is 0 Å². The number of nitrogens with one attached hydrogen (secondary N) is 1. The lowest BCUT2D eigenvalue weighted by molar-refractivity contribution is -0.00198. The highest BCUT2D eigenvalue weighted by molar-refractivity contribution is 5.10. The van der Waals surface area contributed by atoms with Crippen LogP contribution >= 0.6 is 0 Å². The highest BCUT2D eigenvalue weighted by atomic mass is 15.0. The first kappa shape index (κ1) is 3.89. The van der Waals surface area contributed by atoms with Crippen molar-refractivity contribution in [2.24, 2.45) is 17.8 Å². The maximum Gasteiger partial charge on any atom is 0.0104 e. The fraction of sp³-hybridized carbons (Fsp3) is 1.00. The largest absolute Gasteiger partial charge is 0.313 e. The second kappa shape index (κ2) is 0.971. The van der Waals surface area contributed by atoms with Crippen LogP contribution in [0.1, 0.15) is 12.8 Å². The minimum Gasteiger partial charge on any atom is -0.313 e. The van der Waals surface area contributed by atoms with Crippen LogP contribution in [0.15, 0.2) is 0 Å². The average Bonchev–Trinajstić information content (AvgIpc) is 2.02. The third-order valence-corrected chi connectivity index (χ3v) is 3.36. The van der Waals surface area contributed by atoms with Gasteiger partial charge >= 0.3 is 0 Å². The van der Waals surface area contributed by atoms with E-state index in [4.69, 9.17) is 0 Å². The Morgan fingerprint density at radius 1 is 1.12 bits per heavy atom. The van der Waals surface area contributed by atoms with Crippen molar-refractivity contribution in [2.75, 3.05) is 6.54 Å². The van der Waals surface area contributed by atoms with Gasteiger partial charge in [-0.15, -0.1) is 0 Å². The van der Waals surface area contributed by atoms with Gasteiger partial charge in [0.15, 0.2) is 0 Å². The monoisotopic (exact) mass is 109 g/mol. The van der Waals surface area contributed by atoms with Gasteiger partial charge in [0.1, 0.15) is 0 Å². The van der Waals surface area contributed by atoms with Crippen molar-refractivity contribution in [2.45, 2.75) is 18.9 Å². The molecule has 0 radical (unpaired) electrons. The predicted octanol–water partition coefficient (Wildman–Crippen LogP) is 0.614. The highest BCUT2D eigenvalue weighted by Crippen LogP contribution is 2.57. The fourth-order valence-corrected chi connectivity index (χ4v) is 2.83. The summed E-state index contributed by atoms with van der Waals surface area (Å²) in [5, 5.41) is 3.55. The summed E-state index contributed by atoms with van der Waals surface area (Å²) in [7, 11) is 0. The van der Waals surface area contributed by atoms with Crippen LogP contribution in [0.25, 0.3) is 0 Å². The van der Waals surface area contributed by atoms with Gasteiger partial charge in [-0.25, -0.2) is 0 Å². The molecule has 0 amide bonds. The first-order valence-electron chi connectivity index (χ1n) is 3.68. The molecule has 0 bridgehead atoms. The molecule has 3 rings (SSSR count). The molecule has 1 heterocycles. The Bertz CT molecular complexity index is 114. The van der Waals surface area contributed by atoms with Crippen LogP contribution in [-0.2, 0) is 0 Å². The molecule has 1 nitrogen and oxygen atoms in total. The van der Waals surface area contributed by atoms with Gasteiger partial charge in [-0.05, 0) is 37.1 Å². The van der Waals surface area contributed by atoms with E-state index in [9.17, 15) is 0 Å². The van der Waals surface area contributed by atoms with Crippen LogP contribution in [0.4, 0.5) is 0 Å². The fourth-order valence-electron chi connectivity index (χ4n) is 2.83. The van der Waals surface area contributed by atoms with Crippen molar-refractivity contribution in [1.29, 1.82) is 0 Å². The van der Waals surface area contributed by atoms with E-state index in [1.165, 1.54) is 18.9 Å². The minimum absolute atomic E-state index is 0.971. The molecule has 8 heavy (non-hydrogen) atoms. The maximum absolute atomic E-state index is 3.55. The van der Waals surface area contributed by atoms with Crippen LogP contribution in [0, 0.1) is 17.8 Å². The molecule has 4 atom stereocenters. The van der Waals surface area contributed by atoms with Gasteiger partial charge in [0.05, 0.1) is 0 Å². The lowest BCUT2D eigenvalue weighted by Gasteiger charge is -2.52. The van der Waals surface area contributed by atoms with Crippen molar-refractivity contribution in [1.82, 2.24) is 5.32 Å². The molecular formula is C7H11N. The topological polar surface area (TPSA) is 12.0 Å². The van der Waals surface area contributed by atoms with Crippen LogP contribution < -0.4 is 5.32 Å². The van der Waals surface area contributed by atoms with E-state index in [1.807, 2.05) is 0 Å². The van der Waals surface area contributed by atoms with Gasteiger partial charge in [-0.2, -0.15) is 0 Å². The lowest BCUT2D eigenvalue weighted by atomic mass is 9.53. The molecule has 0 spiro atoms. The first-order valence-corrected chi connectivity index (χ1v) is 3.68. The summed E-state index contributed by atoms with van der Waals surface area (Å²) in [5.74, 6) is 3.42. The third-order valence-electron chi connectivity index (χ3n) is 3.36. The van der Waals surface area contributed by atoms with E-state index in [-0.39, 0.29) is 0 Å². The summed E-state index contributed by atoms with van der Waals surface area (Å²) >= 11 is 0. The van der Waals surface area contributed by atoms with E-state index in [1.54, 1.807) is 6.42 Å². The van der Waals surface area contributed by atoms with Gasteiger partial charge in [-0.3, -0.25) is 0 Å². The number of hydrogen-bond donors (Lipinski definition) is 1. The molecule has 1 aliphatic heterocycles. The Morgan fingerprint density at radius 2 is 2.12 bits per heavy atom. The molecule has 3 fully saturated rings. The summed E-state index contributed by atoms with van der Waals surface area (Å²) in [6, 6.07) is 0.971. The maximum atomic E-state index is 3.55. The second-order valence-electron chi connectivity index (χ2n) is 3.58. The molecule has 0 aromatic carbocycles. The van der Waals surface area contributed by atoms with E-state index in [2.05, 4.69) is 5.32 Å². The molecule has 3 aliphatic rings. The molecule has 4 unspecified atom stereocenters. The average molecular weight is 109 g/mol. The summed E-state index contributed by atoms with van der Waals surface area (Å²) in [6.07, 6.45) is 3.05. The van der Waals surface area contributed by atoms with Crippen molar-refractivity contribution in [3.63, 3.8) is 0 Å². The minimum atomic E-state index is 0.971. The molecule has 0 aromatic rings. The van der Waals surface area contributed by atoms with Gasteiger partial charge in [0.25, 0.3) is 0 Å². The molecule has 1 saturated heterocycles. The van der Waals surface area contributed by atoms with Crippen LogP contribution in [0.2, 0.25) is 0 Å². The van der Waals surface area contributed by atoms with E-state index in [0.29, 0.717) is 0 Å². The van der Waals surface area contributed by atoms with Gasteiger partial charge in [-0.1, -0.05) is 0 Å². The normalized spacial score (nSPS) is 66.0. The molecule has 1 heteroatoms. The molecule has 2 saturated carbocycles. The van der Waals surface area contributed by atoms with Crippen molar-refractivity contribution >= 4 is 0 Å². The number of hydrogen-bond acceptors (Lipinski definition) is 1. The zero-order chi connectivity index (χ0) is 5.14. The van der Waals surface area contributed by atoms with Gasteiger partial charge in [0.2, 0.25) is 0 Å². The Labute approximate surface area is 49.5 Å². The van der Waals surface area contributed by atoms with Crippen LogP contribution in [-0.4, -0.2) is 12.6 Å². The molecule has 2 aliphatic carbocycles. The quantitative estimate of drug-likeness (QED) is 0.480. The lowest BCUT2D eigenvalue weighted by Crippen LogP contribution is -2.51.